The first-order valence-corrected chi connectivity index (χ1v) is 39.1. The van der Waals surface area contributed by atoms with Crippen LogP contribution in [-0.2, 0) is 65.4 Å². The molecule has 522 valence electrons. The molecule has 0 aliphatic heterocycles. The minimum atomic E-state index is -4.95. The van der Waals surface area contributed by atoms with Crippen molar-refractivity contribution in [2.75, 3.05) is 39.6 Å². The van der Waals surface area contributed by atoms with Crippen molar-refractivity contribution in [1.82, 2.24) is 0 Å². The Morgan fingerprint density at radius 3 is 0.773 bits per heavy atom. The predicted molar refractivity (Wildman–Crippen MR) is 354 cm³/mol. The monoisotopic (exact) mass is 1300 g/mol. The number of carbonyl (C=O) groups is 4. The van der Waals surface area contributed by atoms with Crippen LogP contribution in [0.2, 0.25) is 0 Å². The molecule has 0 radical (unpaired) electrons. The molecule has 0 saturated heterocycles. The highest BCUT2D eigenvalue weighted by Gasteiger charge is 2.30. The van der Waals surface area contributed by atoms with Crippen LogP contribution in [0.3, 0.4) is 0 Å². The van der Waals surface area contributed by atoms with Gasteiger partial charge in [-0.1, -0.05) is 304 Å². The first-order chi connectivity index (χ1) is 42.5. The molecule has 0 aliphatic carbocycles. The van der Waals surface area contributed by atoms with E-state index in [1.165, 1.54) is 173 Å². The lowest BCUT2D eigenvalue weighted by molar-refractivity contribution is -0.161. The second-order valence-electron chi connectivity index (χ2n) is 25.4. The van der Waals surface area contributed by atoms with Crippen LogP contribution in [0.15, 0.2) is 0 Å². The molecular formula is C69H134O17P2. The Balaban J connectivity index is 5.25. The Hall–Kier alpha value is -1.94. The van der Waals surface area contributed by atoms with Gasteiger partial charge in [0.1, 0.15) is 19.3 Å². The molecule has 5 atom stereocenters. The van der Waals surface area contributed by atoms with Gasteiger partial charge in [0.2, 0.25) is 0 Å². The molecule has 0 saturated carbocycles. The predicted octanol–water partition coefficient (Wildman–Crippen LogP) is 19.7. The third-order valence-corrected chi connectivity index (χ3v) is 17.9. The van der Waals surface area contributed by atoms with Gasteiger partial charge in [-0.25, -0.2) is 9.13 Å². The van der Waals surface area contributed by atoms with Crippen LogP contribution >= 0.6 is 15.6 Å². The van der Waals surface area contributed by atoms with Crippen molar-refractivity contribution in [3.05, 3.63) is 0 Å². The number of phosphoric acid groups is 2. The van der Waals surface area contributed by atoms with Crippen LogP contribution in [0.25, 0.3) is 0 Å². The number of hydrogen-bond donors (Lipinski definition) is 3. The van der Waals surface area contributed by atoms with E-state index in [1.807, 2.05) is 0 Å². The fourth-order valence-electron chi connectivity index (χ4n) is 10.5. The maximum atomic E-state index is 13.0. The van der Waals surface area contributed by atoms with Crippen LogP contribution in [0, 0.1) is 5.92 Å². The number of rotatable bonds is 69. The third-order valence-electron chi connectivity index (χ3n) is 16.0. The highest BCUT2D eigenvalue weighted by molar-refractivity contribution is 7.47. The molecule has 0 fully saturated rings. The first-order valence-electron chi connectivity index (χ1n) is 36.1. The second-order valence-corrected chi connectivity index (χ2v) is 28.3. The molecular weight excluding hydrogens is 1160 g/mol. The second kappa shape index (κ2) is 62.5. The number of carbonyl (C=O) groups excluding carboxylic acids is 4. The van der Waals surface area contributed by atoms with Crippen molar-refractivity contribution in [3.63, 3.8) is 0 Å². The highest BCUT2D eigenvalue weighted by atomic mass is 31.2. The molecule has 0 aliphatic rings. The molecule has 0 bridgehead atoms. The summed E-state index contributed by atoms with van der Waals surface area (Å²) in [5.74, 6) is -1.42. The van der Waals surface area contributed by atoms with E-state index in [4.69, 9.17) is 37.0 Å². The van der Waals surface area contributed by atoms with Crippen LogP contribution in [0.4, 0.5) is 0 Å². The molecule has 0 aromatic heterocycles. The normalized spacial score (nSPS) is 14.1. The van der Waals surface area contributed by atoms with Gasteiger partial charge in [0.05, 0.1) is 26.4 Å². The van der Waals surface area contributed by atoms with Crippen LogP contribution in [-0.4, -0.2) is 96.7 Å². The zero-order chi connectivity index (χ0) is 64.9. The SMILES string of the molecule is CCCCCCCCCCCCCCCCC(=O)O[C@H](COC(=O)CCCCCCCCCCCCCC)COP(=O)(O)OC[C@@H](O)COP(=O)(O)OC[C@@H](COC(=O)CCCCCCCCCC(C)C)OC(=O)CCCCCCCCCCCCCC. The Kier molecular flexibility index (Phi) is 61.1. The molecule has 88 heavy (non-hydrogen) atoms. The lowest BCUT2D eigenvalue weighted by Gasteiger charge is -2.21. The van der Waals surface area contributed by atoms with Gasteiger partial charge >= 0.3 is 39.5 Å². The molecule has 0 amide bonds. The van der Waals surface area contributed by atoms with Crippen molar-refractivity contribution in [2.24, 2.45) is 5.92 Å². The van der Waals surface area contributed by atoms with Crippen molar-refractivity contribution < 1.29 is 80.2 Å². The summed E-state index contributed by atoms with van der Waals surface area (Å²) in [6.07, 6.45) is 48.4. The maximum absolute atomic E-state index is 13.0. The largest absolute Gasteiger partial charge is 0.472 e. The van der Waals surface area contributed by atoms with E-state index < -0.39 is 97.5 Å². The van der Waals surface area contributed by atoms with Gasteiger partial charge in [-0.3, -0.25) is 37.3 Å². The van der Waals surface area contributed by atoms with Crippen LogP contribution in [0.1, 0.15) is 356 Å². The smallest absolute Gasteiger partial charge is 0.462 e. The summed E-state index contributed by atoms with van der Waals surface area (Å²) >= 11 is 0. The van der Waals surface area contributed by atoms with Gasteiger partial charge < -0.3 is 33.8 Å². The Bertz CT molecular complexity index is 1700. The number of esters is 4. The highest BCUT2D eigenvalue weighted by Crippen LogP contribution is 2.45. The van der Waals surface area contributed by atoms with Crippen molar-refractivity contribution in [1.29, 1.82) is 0 Å². The van der Waals surface area contributed by atoms with E-state index in [0.29, 0.717) is 31.6 Å². The van der Waals surface area contributed by atoms with Gasteiger partial charge in [-0.05, 0) is 31.6 Å². The molecule has 0 heterocycles. The summed E-state index contributed by atoms with van der Waals surface area (Å²) in [4.78, 5) is 72.5. The summed E-state index contributed by atoms with van der Waals surface area (Å²) in [5, 5.41) is 10.6. The van der Waals surface area contributed by atoms with Gasteiger partial charge in [-0.15, -0.1) is 0 Å². The number of phosphoric ester groups is 2. The van der Waals surface area contributed by atoms with E-state index in [1.54, 1.807) is 0 Å². The summed E-state index contributed by atoms with van der Waals surface area (Å²) < 4.78 is 68.2. The summed E-state index contributed by atoms with van der Waals surface area (Å²) in [6.45, 7) is 7.19. The lowest BCUT2D eigenvalue weighted by atomic mass is 10.0. The standard InChI is InChI=1S/C69H134O17P2/c1-6-9-12-15-18-21-24-27-28-31-34-39-45-50-55-69(74)85-64(58-79-66(71)52-47-42-37-32-29-25-22-19-16-13-10-7-2)60-83-87(75,76)81-56-63(70)57-82-88(77,78)84-61-65(59-80-67(72)53-48-43-40-35-36-41-46-51-62(4)5)86-68(73)54-49-44-38-33-30-26-23-20-17-14-11-8-3/h62-65,70H,6-61H2,1-5H3,(H,75,76)(H,77,78)/t63-,64-,65-/m1/s1. The van der Waals surface area contributed by atoms with Gasteiger partial charge in [0.25, 0.3) is 0 Å². The lowest BCUT2D eigenvalue weighted by Crippen LogP contribution is -2.30. The molecule has 3 N–H and O–H groups in total. The Morgan fingerprint density at radius 1 is 0.307 bits per heavy atom. The van der Waals surface area contributed by atoms with Crippen LogP contribution in [0.5, 0.6) is 0 Å². The number of unbranched alkanes of at least 4 members (excludes halogenated alkanes) is 41. The fourth-order valence-corrected chi connectivity index (χ4v) is 12.0. The van der Waals surface area contributed by atoms with Crippen molar-refractivity contribution >= 4 is 39.5 Å². The van der Waals surface area contributed by atoms with Gasteiger partial charge in [-0.2, -0.15) is 0 Å². The molecule has 19 heteroatoms. The van der Waals surface area contributed by atoms with Gasteiger partial charge in [0, 0.05) is 25.7 Å². The molecule has 0 aromatic carbocycles. The van der Waals surface area contributed by atoms with E-state index in [2.05, 4.69) is 34.6 Å². The van der Waals surface area contributed by atoms with Crippen LogP contribution < -0.4 is 0 Å². The zero-order valence-electron chi connectivity index (χ0n) is 56.9. The topological polar surface area (TPSA) is 237 Å². The average Bonchev–Trinajstić information content (AvgIpc) is 3.55. The zero-order valence-corrected chi connectivity index (χ0v) is 58.6. The first kappa shape index (κ1) is 86.1. The molecule has 0 rings (SSSR count). The fraction of sp³-hybridized carbons (Fsp3) is 0.942. The minimum absolute atomic E-state index is 0.107. The van der Waals surface area contributed by atoms with E-state index in [9.17, 15) is 43.2 Å². The molecule has 0 spiro atoms. The van der Waals surface area contributed by atoms with Crippen molar-refractivity contribution in [3.8, 4) is 0 Å². The van der Waals surface area contributed by atoms with E-state index in [0.717, 1.165) is 96.3 Å². The summed E-state index contributed by atoms with van der Waals surface area (Å²) in [7, 11) is -9.90. The summed E-state index contributed by atoms with van der Waals surface area (Å²) in [6, 6.07) is 0. The Morgan fingerprint density at radius 2 is 0.523 bits per heavy atom. The minimum Gasteiger partial charge on any atom is -0.462 e. The summed E-state index contributed by atoms with van der Waals surface area (Å²) in [5.41, 5.74) is 0. The number of ether oxygens (including phenoxy) is 4. The quantitative estimate of drug-likeness (QED) is 0.0222. The number of aliphatic hydroxyl groups is 1. The maximum Gasteiger partial charge on any atom is 0.472 e. The van der Waals surface area contributed by atoms with E-state index in [-0.39, 0.29) is 25.7 Å². The van der Waals surface area contributed by atoms with Crippen molar-refractivity contribution in [2.45, 2.75) is 374 Å². The molecule has 2 unspecified atom stereocenters. The Labute approximate surface area is 537 Å². The molecule has 0 aromatic rings. The van der Waals surface area contributed by atoms with Gasteiger partial charge in [0.15, 0.2) is 12.2 Å². The molecule has 17 nitrogen and oxygen atoms in total. The third kappa shape index (κ3) is 62.8. The average molecular weight is 1300 g/mol. The number of hydrogen-bond acceptors (Lipinski definition) is 15. The van der Waals surface area contributed by atoms with E-state index >= 15 is 0 Å². The number of aliphatic hydroxyl groups excluding tert-OH is 1.